The minimum atomic E-state index is 0.0991. The molecular formula is C41H54N2. The summed E-state index contributed by atoms with van der Waals surface area (Å²) >= 11 is 0. The van der Waals surface area contributed by atoms with Crippen LogP contribution in [0.2, 0.25) is 0 Å². The van der Waals surface area contributed by atoms with Crippen LogP contribution in [-0.4, -0.2) is 25.7 Å². The third kappa shape index (κ3) is 11.1. The first-order valence-electron chi connectivity index (χ1n) is 16.8. The Hall–Kier alpha value is -3.20. The second-order valence-corrected chi connectivity index (χ2v) is 12.5. The van der Waals surface area contributed by atoms with Gasteiger partial charge in [0.2, 0.25) is 0 Å². The molecule has 0 aromatic heterocycles. The van der Waals surface area contributed by atoms with Crippen molar-refractivity contribution in [2.24, 2.45) is 0 Å². The number of nitrogens with one attached hydrogen (secondary N) is 2. The molecule has 228 valence electrons. The summed E-state index contributed by atoms with van der Waals surface area (Å²) in [7, 11) is 0. The lowest BCUT2D eigenvalue weighted by atomic mass is 9.70. The highest BCUT2D eigenvalue weighted by Gasteiger charge is 2.34. The van der Waals surface area contributed by atoms with Crippen LogP contribution >= 0.6 is 0 Å². The average molecular weight is 575 g/mol. The summed E-state index contributed by atoms with van der Waals surface area (Å²) in [6.45, 7) is 7.94. The number of aryl methyl sites for hydroxylation is 3. The minimum Gasteiger partial charge on any atom is -0.316 e. The summed E-state index contributed by atoms with van der Waals surface area (Å²) in [5.74, 6) is 0. The van der Waals surface area contributed by atoms with Gasteiger partial charge in [0, 0.05) is 11.5 Å². The van der Waals surface area contributed by atoms with Crippen molar-refractivity contribution in [2.45, 2.75) is 89.5 Å². The Kier molecular flexibility index (Phi) is 14.0. The fraction of sp³-hybridized carbons (Fsp3) is 0.415. The van der Waals surface area contributed by atoms with Crippen LogP contribution in [0.3, 0.4) is 0 Å². The van der Waals surface area contributed by atoms with Gasteiger partial charge in [0.25, 0.3) is 0 Å². The van der Waals surface area contributed by atoms with Crippen LogP contribution in [0.25, 0.3) is 0 Å². The summed E-state index contributed by atoms with van der Waals surface area (Å²) in [6.07, 6.45) is 11.9. The first-order valence-corrected chi connectivity index (χ1v) is 16.8. The smallest absolute Gasteiger partial charge is 0.0161 e. The first-order chi connectivity index (χ1) is 21.1. The van der Waals surface area contributed by atoms with Gasteiger partial charge in [0.1, 0.15) is 0 Å². The molecule has 2 unspecified atom stereocenters. The van der Waals surface area contributed by atoms with E-state index in [0.29, 0.717) is 6.04 Å². The molecule has 0 saturated carbocycles. The van der Waals surface area contributed by atoms with Crippen molar-refractivity contribution < 1.29 is 0 Å². The van der Waals surface area contributed by atoms with Crippen LogP contribution in [0.1, 0.15) is 79.7 Å². The van der Waals surface area contributed by atoms with Crippen molar-refractivity contribution >= 4 is 0 Å². The summed E-state index contributed by atoms with van der Waals surface area (Å²) in [5.41, 5.74) is 7.32. The maximum atomic E-state index is 4.10. The van der Waals surface area contributed by atoms with Crippen molar-refractivity contribution in [1.82, 2.24) is 10.6 Å². The average Bonchev–Trinajstić information content (AvgIpc) is 3.05. The number of benzene rings is 4. The molecule has 0 aliphatic rings. The zero-order chi connectivity index (χ0) is 30.0. The standard InChI is InChI=1S/C41H54N2/c1-35-19-12-14-26-38(35)30-34-42-32-17-16-31-41(2,39-27-10-5-11-28-39)40(29-15-13-24-36-20-6-3-7-21-36)43-33-18-25-37-22-8-4-9-23-37/h3-12,14,19-23,26-28,40,42-43H,13,15-18,24-25,29-34H2,1-2H3. The molecule has 2 nitrogen and oxygen atoms in total. The van der Waals surface area contributed by atoms with Gasteiger partial charge in [-0.15, -0.1) is 0 Å². The lowest BCUT2D eigenvalue weighted by Crippen LogP contribution is -2.47. The van der Waals surface area contributed by atoms with Crippen molar-refractivity contribution in [3.63, 3.8) is 0 Å². The molecule has 0 fully saturated rings. The molecule has 0 saturated heterocycles. The van der Waals surface area contributed by atoms with Gasteiger partial charge in [-0.3, -0.25) is 0 Å². The Morgan fingerprint density at radius 1 is 0.558 bits per heavy atom. The molecule has 0 radical (unpaired) electrons. The van der Waals surface area contributed by atoms with E-state index in [1.54, 1.807) is 0 Å². The van der Waals surface area contributed by atoms with Gasteiger partial charge in [-0.2, -0.15) is 0 Å². The third-order valence-electron chi connectivity index (χ3n) is 9.26. The fourth-order valence-corrected chi connectivity index (χ4v) is 6.50. The summed E-state index contributed by atoms with van der Waals surface area (Å²) in [6, 6.07) is 42.4. The van der Waals surface area contributed by atoms with Gasteiger partial charge in [-0.1, -0.05) is 135 Å². The second kappa shape index (κ2) is 18.5. The van der Waals surface area contributed by atoms with E-state index in [9.17, 15) is 0 Å². The van der Waals surface area contributed by atoms with Gasteiger partial charge in [-0.05, 0) is 106 Å². The SMILES string of the molecule is Cc1ccccc1CCNCCCCC(C)(c1ccccc1)C(CCCCc1ccccc1)NCCCc1ccccc1. The van der Waals surface area contributed by atoms with Crippen molar-refractivity contribution in [2.75, 3.05) is 19.6 Å². The molecule has 0 aliphatic carbocycles. The van der Waals surface area contributed by atoms with Crippen LogP contribution < -0.4 is 10.6 Å². The van der Waals surface area contributed by atoms with E-state index in [-0.39, 0.29) is 5.41 Å². The van der Waals surface area contributed by atoms with E-state index in [4.69, 9.17) is 0 Å². The topological polar surface area (TPSA) is 24.1 Å². The number of rotatable bonds is 20. The zero-order valence-electron chi connectivity index (χ0n) is 26.7. The summed E-state index contributed by atoms with van der Waals surface area (Å²) < 4.78 is 0. The van der Waals surface area contributed by atoms with Crippen LogP contribution in [-0.2, 0) is 24.7 Å². The predicted molar refractivity (Wildman–Crippen MR) is 186 cm³/mol. The van der Waals surface area contributed by atoms with E-state index >= 15 is 0 Å². The lowest BCUT2D eigenvalue weighted by Gasteiger charge is -2.40. The van der Waals surface area contributed by atoms with Crippen molar-refractivity contribution in [3.8, 4) is 0 Å². The molecule has 2 atom stereocenters. The van der Waals surface area contributed by atoms with Gasteiger partial charge < -0.3 is 10.6 Å². The highest BCUT2D eigenvalue weighted by molar-refractivity contribution is 5.27. The van der Waals surface area contributed by atoms with Crippen LogP contribution in [0, 0.1) is 6.92 Å². The molecule has 4 aromatic carbocycles. The molecule has 2 heteroatoms. The molecule has 0 amide bonds. The monoisotopic (exact) mass is 574 g/mol. The zero-order valence-corrected chi connectivity index (χ0v) is 26.7. The highest BCUT2D eigenvalue weighted by Crippen LogP contribution is 2.35. The predicted octanol–water partition coefficient (Wildman–Crippen LogP) is 9.26. The maximum Gasteiger partial charge on any atom is 0.0161 e. The Labute approximate surface area is 262 Å². The molecule has 4 aromatic rings. The van der Waals surface area contributed by atoms with Gasteiger partial charge in [0.15, 0.2) is 0 Å². The van der Waals surface area contributed by atoms with Crippen LogP contribution in [0.4, 0.5) is 0 Å². The van der Waals surface area contributed by atoms with Crippen LogP contribution in [0.5, 0.6) is 0 Å². The molecule has 43 heavy (non-hydrogen) atoms. The summed E-state index contributed by atoms with van der Waals surface area (Å²) in [5, 5.41) is 7.81. The van der Waals surface area contributed by atoms with Crippen molar-refractivity contribution in [3.05, 3.63) is 143 Å². The Morgan fingerprint density at radius 2 is 1.16 bits per heavy atom. The van der Waals surface area contributed by atoms with Gasteiger partial charge in [0.05, 0.1) is 0 Å². The molecule has 2 N–H and O–H groups in total. The quantitative estimate of drug-likeness (QED) is 0.103. The minimum absolute atomic E-state index is 0.0991. The lowest BCUT2D eigenvalue weighted by molar-refractivity contribution is 0.267. The highest BCUT2D eigenvalue weighted by atomic mass is 14.9. The summed E-state index contributed by atoms with van der Waals surface area (Å²) in [4.78, 5) is 0. The molecule has 4 rings (SSSR count). The molecule has 0 bridgehead atoms. The normalized spacial score (nSPS) is 13.4. The Balaban J connectivity index is 1.34. The van der Waals surface area contributed by atoms with E-state index in [0.717, 1.165) is 38.9 Å². The van der Waals surface area contributed by atoms with Crippen LogP contribution in [0.15, 0.2) is 115 Å². The van der Waals surface area contributed by atoms with E-state index in [1.165, 1.54) is 72.8 Å². The van der Waals surface area contributed by atoms with Gasteiger partial charge in [-0.25, -0.2) is 0 Å². The van der Waals surface area contributed by atoms with E-state index in [1.807, 2.05) is 0 Å². The number of hydrogen-bond donors (Lipinski definition) is 2. The third-order valence-corrected chi connectivity index (χ3v) is 9.26. The van der Waals surface area contributed by atoms with Gasteiger partial charge >= 0.3 is 0 Å². The largest absolute Gasteiger partial charge is 0.316 e. The van der Waals surface area contributed by atoms with E-state index < -0.39 is 0 Å². The maximum absolute atomic E-state index is 4.10. The Morgan fingerprint density at radius 3 is 1.84 bits per heavy atom. The van der Waals surface area contributed by atoms with E-state index in [2.05, 4.69) is 140 Å². The molecule has 0 spiro atoms. The number of unbranched alkanes of at least 4 members (excludes halogenated alkanes) is 2. The number of hydrogen-bond acceptors (Lipinski definition) is 2. The van der Waals surface area contributed by atoms with Crippen molar-refractivity contribution in [1.29, 1.82) is 0 Å². The Bertz CT molecular complexity index is 1220. The second-order valence-electron chi connectivity index (χ2n) is 12.5. The molecular weight excluding hydrogens is 520 g/mol. The fourth-order valence-electron chi connectivity index (χ4n) is 6.50. The first kappa shape index (κ1) is 32.7. The molecule has 0 heterocycles. The molecule has 0 aliphatic heterocycles.